The van der Waals surface area contributed by atoms with Crippen LogP contribution < -0.4 is 16.6 Å². The predicted molar refractivity (Wildman–Crippen MR) is 75.9 cm³/mol. The maximum absolute atomic E-state index is 5.89. The third-order valence-corrected chi connectivity index (χ3v) is 3.73. The molecule has 0 aromatic carbocycles. The van der Waals surface area contributed by atoms with Crippen LogP contribution in [0.3, 0.4) is 0 Å². The molecule has 0 unspecified atom stereocenters. The quantitative estimate of drug-likeness (QED) is 0.581. The van der Waals surface area contributed by atoms with E-state index in [0.29, 0.717) is 12.4 Å². The zero-order valence-corrected chi connectivity index (χ0v) is 11.5. The summed E-state index contributed by atoms with van der Waals surface area (Å²) >= 11 is 7.44. The van der Waals surface area contributed by atoms with Gasteiger partial charge in [0.2, 0.25) is 0 Å². The van der Waals surface area contributed by atoms with E-state index >= 15 is 0 Å². The molecule has 0 fully saturated rings. The molecule has 5 nitrogen and oxygen atoms in total. The van der Waals surface area contributed by atoms with Crippen molar-refractivity contribution in [2.45, 2.75) is 19.9 Å². The number of hydrogen-bond donors (Lipinski definition) is 3. The van der Waals surface area contributed by atoms with Gasteiger partial charge in [0.1, 0.15) is 18.0 Å². The average molecular weight is 284 g/mol. The second-order valence-electron chi connectivity index (χ2n) is 3.61. The lowest BCUT2D eigenvalue weighted by Crippen LogP contribution is -2.13. The highest BCUT2D eigenvalue weighted by atomic mass is 35.5. The smallest absolute Gasteiger partial charge is 0.148 e. The Hall–Kier alpha value is -1.37. The van der Waals surface area contributed by atoms with Crippen molar-refractivity contribution in [2.24, 2.45) is 5.84 Å². The van der Waals surface area contributed by atoms with Crippen molar-refractivity contribution in [2.75, 3.05) is 10.7 Å². The van der Waals surface area contributed by atoms with Crippen LogP contribution >= 0.6 is 22.9 Å². The van der Waals surface area contributed by atoms with Crippen LogP contribution in [0.15, 0.2) is 18.5 Å². The third-order valence-electron chi connectivity index (χ3n) is 2.49. The molecule has 0 atom stereocenters. The van der Waals surface area contributed by atoms with Crippen molar-refractivity contribution in [3.8, 4) is 0 Å². The monoisotopic (exact) mass is 283 g/mol. The van der Waals surface area contributed by atoms with Crippen molar-refractivity contribution < 1.29 is 0 Å². The van der Waals surface area contributed by atoms with E-state index in [0.717, 1.165) is 27.0 Å². The summed E-state index contributed by atoms with van der Waals surface area (Å²) in [6.07, 6.45) is 2.28. The van der Waals surface area contributed by atoms with E-state index < -0.39 is 0 Å². The van der Waals surface area contributed by atoms with Crippen molar-refractivity contribution >= 4 is 34.6 Å². The number of aromatic nitrogens is 2. The average Bonchev–Trinajstić information content (AvgIpc) is 2.81. The molecule has 96 valence electrons. The summed E-state index contributed by atoms with van der Waals surface area (Å²) in [5.74, 6) is 6.87. The normalized spacial score (nSPS) is 10.4. The third kappa shape index (κ3) is 2.90. The Labute approximate surface area is 114 Å². The Morgan fingerprint density at radius 2 is 2.11 bits per heavy atom. The molecule has 2 aromatic rings. The maximum Gasteiger partial charge on any atom is 0.148 e. The molecule has 0 amide bonds. The van der Waals surface area contributed by atoms with E-state index in [9.17, 15) is 0 Å². The lowest BCUT2D eigenvalue weighted by molar-refractivity contribution is 1.01. The van der Waals surface area contributed by atoms with Crippen LogP contribution in [0.5, 0.6) is 0 Å². The molecule has 4 N–H and O–H groups in total. The minimum absolute atomic E-state index is 0.652. The Morgan fingerprint density at radius 3 is 2.72 bits per heavy atom. The molecule has 0 aliphatic heterocycles. The number of nitrogens with zero attached hydrogens (tertiary/aromatic N) is 2. The lowest BCUT2D eigenvalue weighted by atomic mass is 10.2. The molecule has 0 radical (unpaired) electrons. The molecule has 0 aliphatic rings. The highest BCUT2D eigenvalue weighted by molar-refractivity contribution is 7.16. The number of thiophene rings is 1. The van der Waals surface area contributed by atoms with E-state index in [4.69, 9.17) is 17.4 Å². The number of anilines is 2. The van der Waals surface area contributed by atoms with Crippen molar-refractivity contribution in [1.82, 2.24) is 9.97 Å². The first-order valence-corrected chi connectivity index (χ1v) is 6.72. The van der Waals surface area contributed by atoms with Gasteiger partial charge in [0.25, 0.3) is 0 Å². The first-order valence-electron chi connectivity index (χ1n) is 5.53. The highest BCUT2D eigenvalue weighted by Gasteiger charge is 2.08. The number of nitrogens with one attached hydrogen (secondary N) is 2. The number of nitrogen functional groups attached to an aromatic ring is 1. The van der Waals surface area contributed by atoms with Crippen LogP contribution in [0, 0.1) is 0 Å². The minimum Gasteiger partial charge on any atom is -0.365 e. The second-order valence-corrected chi connectivity index (χ2v) is 5.41. The molecule has 2 rings (SSSR count). The van der Waals surface area contributed by atoms with Gasteiger partial charge in [-0.3, -0.25) is 0 Å². The van der Waals surface area contributed by atoms with Gasteiger partial charge in [-0.05, 0) is 18.6 Å². The number of hydrazine groups is 1. The summed E-state index contributed by atoms with van der Waals surface area (Å²) in [5, 5.41) is 3.27. The van der Waals surface area contributed by atoms with E-state index in [1.54, 1.807) is 11.3 Å². The molecule has 2 aromatic heterocycles. The molecular weight excluding hydrogens is 270 g/mol. The van der Waals surface area contributed by atoms with Crippen LogP contribution in [-0.2, 0) is 13.0 Å². The van der Waals surface area contributed by atoms with Crippen LogP contribution in [0.2, 0.25) is 4.34 Å². The summed E-state index contributed by atoms with van der Waals surface area (Å²) < 4.78 is 0.787. The number of nitrogens with two attached hydrogens (primary N) is 1. The fraction of sp³-hybridized carbons (Fsp3) is 0.273. The minimum atomic E-state index is 0.652. The molecule has 0 aliphatic carbocycles. The summed E-state index contributed by atoms with van der Waals surface area (Å²) in [6.45, 7) is 2.72. The van der Waals surface area contributed by atoms with Gasteiger partial charge in [-0.15, -0.1) is 11.3 Å². The second kappa shape index (κ2) is 5.99. The summed E-state index contributed by atoms with van der Waals surface area (Å²) in [5.41, 5.74) is 3.55. The number of halogens is 1. The molecule has 0 spiro atoms. The van der Waals surface area contributed by atoms with Gasteiger partial charge in [0.05, 0.1) is 10.9 Å². The van der Waals surface area contributed by atoms with Gasteiger partial charge in [-0.1, -0.05) is 18.5 Å². The zero-order chi connectivity index (χ0) is 13.0. The van der Waals surface area contributed by atoms with Crippen LogP contribution in [0.4, 0.5) is 11.6 Å². The fourth-order valence-electron chi connectivity index (χ4n) is 1.64. The van der Waals surface area contributed by atoms with Gasteiger partial charge in [-0.2, -0.15) is 0 Å². The van der Waals surface area contributed by atoms with Gasteiger partial charge < -0.3 is 10.7 Å². The summed E-state index contributed by atoms with van der Waals surface area (Å²) in [7, 11) is 0. The molecule has 0 bridgehead atoms. The van der Waals surface area contributed by atoms with Gasteiger partial charge in [0.15, 0.2) is 0 Å². The van der Waals surface area contributed by atoms with Crippen molar-refractivity contribution in [1.29, 1.82) is 0 Å². The zero-order valence-electron chi connectivity index (χ0n) is 9.90. The highest BCUT2D eigenvalue weighted by Crippen LogP contribution is 2.24. The van der Waals surface area contributed by atoms with Gasteiger partial charge in [-0.25, -0.2) is 15.8 Å². The van der Waals surface area contributed by atoms with E-state index in [-0.39, 0.29) is 0 Å². The topological polar surface area (TPSA) is 75.9 Å². The predicted octanol–water partition coefficient (Wildman–Crippen LogP) is 2.65. The molecule has 2 heterocycles. The first-order chi connectivity index (χ1) is 8.74. The van der Waals surface area contributed by atoms with Gasteiger partial charge in [0, 0.05) is 10.4 Å². The lowest BCUT2D eigenvalue weighted by Gasteiger charge is -2.11. The fourth-order valence-corrected chi connectivity index (χ4v) is 2.67. The van der Waals surface area contributed by atoms with E-state index in [1.165, 1.54) is 6.33 Å². The number of rotatable bonds is 5. The van der Waals surface area contributed by atoms with E-state index in [2.05, 4.69) is 20.7 Å². The van der Waals surface area contributed by atoms with E-state index in [1.807, 2.05) is 19.1 Å². The summed E-state index contributed by atoms with van der Waals surface area (Å²) in [6, 6.07) is 3.88. The molecule has 0 saturated carbocycles. The number of hydrogen-bond acceptors (Lipinski definition) is 6. The molecule has 7 heteroatoms. The van der Waals surface area contributed by atoms with Crippen molar-refractivity contribution in [3.05, 3.63) is 33.2 Å². The van der Waals surface area contributed by atoms with Crippen LogP contribution in [0.25, 0.3) is 0 Å². The van der Waals surface area contributed by atoms with Crippen molar-refractivity contribution in [3.63, 3.8) is 0 Å². The molecule has 0 saturated heterocycles. The Balaban J connectivity index is 2.13. The molecular formula is C11H14ClN5S. The Morgan fingerprint density at radius 1 is 1.33 bits per heavy atom. The molecule has 18 heavy (non-hydrogen) atoms. The standard InChI is InChI=1S/C11H14ClN5S/c1-2-8-10(15-6-16-11(8)17-13)14-5-7-3-4-9(12)18-7/h3-4,6H,2,5,13H2,1H3,(H2,14,15,16,17). The van der Waals surface area contributed by atoms with Crippen LogP contribution in [0.1, 0.15) is 17.4 Å². The SMILES string of the molecule is CCc1c(NN)ncnc1NCc1ccc(Cl)s1. The summed E-state index contributed by atoms with van der Waals surface area (Å²) in [4.78, 5) is 9.47. The van der Waals surface area contributed by atoms with Crippen LogP contribution in [-0.4, -0.2) is 9.97 Å². The first kappa shape index (κ1) is 13.1. The largest absolute Gasteiger partial charge is 0.365 e. The Bertz CT molecular complexity index is 528. The maximum atomic E-state index is 5.89. The van der Waals surface area contributed by atoms with Gasteiger partial charge >= 0.3 is 0 Å². The Kier molecular flexibility index (Phi) is 4.35.